The van der Waals surface area contributed by atoms with Crippen LogP contribution in [0.2, 0.25) is 0 Å². The Morgan fingerprint density at radius 3 is 2.44 bits per heavy atom. The molecular formula is C18H9F3N2OS. The van der Waals surface area contributed by atoms with Crippen LogP contribution in [0.15, 0.2) is 53.9 Å². The smallest absolute Gasteiger partial charge is 0.241 e. The van der Waals surface area contributed by atoms with Crippen LogP contribution in [0.4, 0.5) is 13.2 Å². The molecule has 0 atom stereocenters. The van der Waals surface area contributed by atoms with Crippen molar-refractivity contribution in [1.29, 1.82) is 0 Å². The van der Waals surface area contributed by atoms with Crippen molar-refractivity contribution in [3.8, 4) is 23.0 Å². The molecule has 4 rings (SSSR count). The minimum atomic E-state index is -1.59. The van der Waals surface area contributed by atoms with Crippen molar-refractivity contribution in [2.24, 2.45) is 0 Å². The maximum atomic E-state index is 13.9. The van der Waals surface area contributed by atoms with E-state index in [0.717, 1.165) is 17.7 Å². The van der Waals surface area contributed by atoms with Crippen LogP contribution in [0.3, 0.4) is 0 Å². The van der Waals surface area contributed by atoms with Crippen LogP contribution in [0.1, 0.15) is 0 Å². The molecule has 0 saturated heterocycles. The number of nitrogens with zero attached hydrogens (tertiary/aromatic N) is 2. The van der Waals surface area contributed by atoms with Gasteiger partial charge in [-0.25, -0.2) is 13.8 Å². The SMILES string of the molecule is Fc1ccc(Oc2nc(-c3ccccc3)nc3ccsc23)c(F)c1F. The van der Waals surface area contributed by atoms with Crippen molar-refractivity contribution in [3.05, 3.63) is 71.4 Å². The molecule has 2 aromatic heterocycles. The summed E-state index contributed by atoms with van der Waals surface area (Å²) in [6.45, 7) is 0. The van der Waals surface area contributed by atoms with Crippen molar-refractivity contribution in [2.45, 2.75) is 0 Å². The van der Waals surface area contributed by atoms with Gasteiger partial charge in [0.2, 0.25) is 11.7 Å². The maximum absolute atomic E-state index is 13.9. The number of hydrogen-bond donors (Lipinski definition) is 0. The van der Waals surface area contributed by atoms with Gasteiger partial charge in [-0.2, -0.15) is 9.37 Å². The number of rotatable bonds is 3. The Balaban J connectivity index is 1.84. The highest BCUT2D eigenvalue weighted by Gasteiger charge is 2.18. The van der Waals surface area contributed by atoms with E-state index in [1.54, 1.807) is 11.4 Å². The molecule has 0 aliphatic heterocycles. The minimum absolute atomic E-state index is 0.0868. The lowest BCUT2D eigenvalue weighted by Crippen LogP contribution is -1.98. The lowest BCUT2D eigenvalue weighted by atomic mass is 10.2. The van der Waals surface area contributed by atoms with Crippen molar-refractivity contribution >= 4 is 21.6 Å². The lowest BCUT2D eigenvalue weighted by Gasteiger charge is -2.09. The van der Waals surface area contributed by atoms with Crippen LogP contribution < -0.4 is 4.74 Å². The van der Waals surface area contributed by atoms with Crippen molar-refractivity contribution in [3.63, 3.8) is 0 Å². The Hall–Kier alpha value is -2.93. The number of hydrogen-bond acceptors (Lipinski definition) is 4. The molecule has 3 nitrogen and oxygen atoms in total. The van der Waals surface area contributed by atoms with Gasteiger partial charge in [0.1, 0.15) is 4.70 Å². The van der Waals surface area contributed by atoms with Crippen LogP contribution in [-0.2, 0) is 0 Å². The van der Waals surface area contributed by atoms with E-state index in [2.05, 4.69) is 9.97 Å². The quantitative estimate of drug-likeness (QED) is 0.449. The number of halogens is 3. The number of fused-ring (bicyclic) bond motifs is 1. The van der Waals surface area contributed by atoms with E-state index >= 15 is 0 Å². The van der Waals surface area contributed by atoms with Crippen LogP contribution in [0.5, 0.6) is 11.6 Å². The molecule has 124 valence electrons. The Morgan fingerprint density at radius 1 is 0.840 bits per heavy atom. The summed E-state index contributed by atoms with van der Waals surface area (Å²) in [4.78, 5) is 8.78. The number of thiophene rings is 1. The molecule has 0 radical (unpaired) electrons. The number of aromatic nitrogens is 2. The van der Waals surface area contributed by atoms with Crippen LogP contribution in [0, 0.1) is 17.5 Å². The first-order valence-electron chi connectivity index (χ1n) is 7.25. The second-order valence-electron chi connectivity index (χ2n) is 5.13. The first-order chi connectivity index (χ1) is 12.1. The molecule has 0 amide bonds. The Bertz CT molecular complexity index is 1070. The molecule has 2 heterocycles. The molecule has 0 spiro atoms. The molecule has 0 saturated carbocycles. The average molecular weight is 358 g/mol. The predicted molar refractivity (Wildman–Crippen MR) is 89.2 cm³/mol. The summed E-state index contributed by atoms with van der Waals surface area (Å²) in [5.74, 6) is -4.22. The maximum Gasteiger partial charge on any atom is 0.241 e. The van der Waals surface area contributed by atoms with Gasteiger partial charge in [0, 0.05) is 5.56 Å². The van der Waals surface area contributed by atoms with Crippen LogP contribution >= 0.6 is 11.3 Å². The van der Waals surface area contributed by atoms with Gasteiger partial charge < -0.3 is 4.74 Å². The van der Waals surface area contributed by atoms with Crippen molar-refractivity contribution in [2.75, 3.05) is 0 Å². The second-order valence-corrected chi connectivity index (χ2v) is 6.05. The molecule has 0 aliphatic carbocycles. The molecule has 0 fully saturated rings. The Kier molecular flexibility index (Phi) is 3.85. The van der Waals surface area contributed by atoms with Crippen molar-refractivity contribution < 1.29 is 17.9 Å². The van der Waals surface area contributed by atoms with Gasteiger partial charge in [-0.1, -0.05) is 30.3 Å². The topological polar surface area (TPSA) is 35.0 Å². The van der Waals surface area contributed by atoms with Crippen LogP contribution in [-0.4, -0.2) is 9.97 Å². The van der Waals surface area contributed by atoms with Crippen molar-refractivity contribution in [1.82, 2.24) is 9.97 Å². The largest absolute Gasteiger partial charge is 0.434 e. The second kappa shape index (κ2) is 6.18. The zero-order valence-corrected chi connectivity index (χ0v) is 13.4. The summed E-state index contributed by atoms with van der Waals surface area (Å²) < 4.78 is 46.5. The Labute approximate surface area is 144 Å². The molecule has 4 aromatic rings. The van der Waals surface area contributed by atoms with E-state index in [9.17, 15) is 13.2 Å². The van der Waals surface area contributed by atoms with Gasteiger partial charge in [-0.15, -0.1) is 11.3 Å². The standard InChI is InChI=1S/C18H9F3N2OS/c19-11-6-7-13(15(21)14(11)20)24-18-16-12(8-9-25-16)22-17(23-18)10-4-2-1-3-5-10/h1-9H. The summed E-state index contributed by atoms with van der Waals surface area (Å²) >= 11 is 1.31. The first-order valence-corrected chi connectivity index (χ1v) is 8.13. The number of benzene rings is 2. The highest BCUT2D eigenvalue weighted by molar-refractivity contribution is 7.17. The van der Waals surface area contributed by atoms with E-state index in [1.165, 1.54) is 11.3 Å². The van der Waals surface area contributed by atoms with E-state index in [1.807, 2.05) is 30.3 Å². The third kappa shape index (κ3) is 2.83. The molecule has 2 aromatic carbocycles. The highest BCUT2D eigenvalue weighted by atomic mass is 32.1. The van der Waals surface area contributed by atoms with Gasteiger partial charge in [-0.3, -0.25) is 0 Å². The van der Waals surface area contributed by atoms with Gasteiger partial charge in [0.25, 0.3) is 0 Å². The fourth-order valence-electron chi connectivity index (χ4n) is 2.31. The summed E-state index contributed by atoms with van der Waals surface area (Å²) in [5, 5.41) is 1.79. The molecule has 25 heavy (non-hydrogen) atoms. The summed E-state index contributed by atoms with van der Waals surface area (Å²) in [6, 6.07) is 12.8. The van der Waals surface area contributed by atoms with Gasteiger partial charge >= 0.3 is 0 Å². The van der Waals surface area contributed by atoms with Gasteiger partial charge in [0.15, 0.2) is 23.2 Å². The summed E-state index contributed by atoms with van der Waals surface area (Å²) in [7, 11) is 0. The summed E-state index contributed by atoms with van der Waals surface area (Å²) in [6.07, 6.45) is 0. The molecular weight excluding hydrogens is 349 g/mol. The van der Waals surface area contributed by atoms with Gasteiger partial charge in [0.05, 0.1) is 5.52 Å². The highest BCUT2D eigenvalue weighted by Crippen LogP contribution is 2.35. The molecule has 0 bridgehead atoms. The fraction of sp³-hybridized carbons (Fsp3) is 0. The Morgan fingerprint density at radius 2 is 1.64 bits per heavy atom. The minimum Gasteiger partial charge on any atom is -0.434 e. The molecule has 0 unspecified atom stereocenters. The van der Waals surface area contributed by atoms with E-state index in [0.29, 0.717) is 16.0 Å². The normalized spacial score (nSPS) is 11.0. The van der Waals surface area contributed by atoms with E-state index in [4.69, 9.17) is 4.74 Å². The summed E-state index contributed by atoms with van der Waals surface area (Å²) in [5.41, 5.74) is 1.38. The molecule has 7 heteroatoms. The van der Waals surface area contributed by atoms with E-state index < -0.39 is 23.2 Å². The van der Waals surface area contributed by atoms with Crippen LogP contribution in [0.25, 0.3) is 21.6 Å². The predicted octanol–water partition coefficient (Wildman–Crippen LogP) is 5.57. The van der Waals surface area contributed by atoms with Gasteiger partial charge in [-0.05, 0) is 23.6 Å². The first kappa shape index (κ1) is 15.6. The molecule has 0 N–H and O–H groups in total. The third-order valence-corrected chi connectivity index (χ3v) is 4.40. The lowest BCUT2D eigenvalue weighted by molar-refractivity contribution is 0.389. The third-order valence-electron chi connectivity index (χ3n) is 3.51. The number of ether oxygens (including phenoxy) is 1. The molecule has 0 aliphatic rings. The zero-order valence-electron chi connectivity index (χ0n) is 12.5. The average Bonchev–Trinajstić information content (AvgIpc) is 3.12. The van der Waals surface area contributed by atoms with E-state index in [-0.39, 0.29) is 5.88 Å². The zero-order chi connectivity index (χ0) is 17.4. The fourth-order valence-corrected chi connectivity index (χ4v) is 3.07. The monoisotopic (exact) mass is 358 g/mol.